The van der Waals surface area contributed by atoms with E-state index in [2.05, 4.69) is 5.92 Å². The Morgan fingerprint density at radius 1 is 1.21 bits per heavy atom. The highest BCUT2D eigenvalue weighted by molar-refractivity contribution is 6.30. The quantitative estimate of drug-likeness (QED) is 0.561. The molecule has 0 saturated carbocycles. The minimum atomic E-state index is -0.448. The summed E-state index contributed by atoms with van der Waals surface area (Å²) in [4.78, 5) is 27.1. The first-order chi connectivity index (χ1) is 13.5. The molecule has 0 fully saturated rings. The highest BCUT2D eigenvalue weighted by Crippen LogP contribution is 2.37. The number of hydrogen-bond donors (Lipinski definition) is 0. The predicted octanol–water partition coefficient (Wildman–Crippen LogP) is 4.31. The Morgan fingerprint density at radius 3 is 2.54 bits per heavy atom. The fourth-order valence-corrected chi connectivity index (χ4v) is 3.47. The molecule has 1 heterocycles. The molecule has 1 amide bonds. The van der Waals surface area contributed by atoms with Gasteiger partial charge in [0.15, 0.2) is 0 Å². The highest BCUT2D eigenvalue weighted by atomic mass is 35.5. The topological polar surface area (TPSA) is 46.6 Å². The fourth-order valence-electron chi connectivity index (χ4n) is 3.34. The van der Waals surface area contributed by atoms with Gasteiger partial charge in [0.25, 0.3) is 0 Å². The zero-order valence-electron chi connectivity index (χ0n) is 15.5. The molecule has 28 heavy (non-hydrogen) atoms. The van der Waals surface area contributed by atoms with Gasteiger partial charge in [-0.3, -0.25) is 4.79 Å². The summed E-state index contributed by atoms with van der Waals surface area (Å²) in [5, 5.41) is 0.591. The van der Waals surface area contributed by atoms with Crippen LogP contribution in [-0.2, 0) is 20.9 Å². The number of amides is 1. The van der Waals surface area contributed by atoms with Crippen LogP contribution in [0.2, 0.25) is 5.02 Å². The van der Waals surface area contributed by atoms with Crippen LogP contribution < -0.4 is 0 Å². The molecule has 1 atom stereocenters. The number of esters is 1. The molecule has 1 aliphatic heterocycles. The number of hydrogen-bond acceptors (Lipinski definition) is 3. The average Bonchev–Trinajstić information content (AvgIpc) is 2.70. The van der Waals surface area contributed by atoms with E-state index in [0.29, 0.717) is 16.3 Å². The van der Waals surface area contributed by atoms with Crippen LogP contribution in [0, 0.1) is 12.3 Å². The van der Waals surface area contributed by atoms with Gasteiger partial charge in [-0.15, -0.1) is 6.42 Å². The first-order valence-electron chi connectivity index (χ1n) is 8.92. The Balaban J connectivity index is 1.94. The monoisotopic (exact) mass is 393 g/mol. The van der Waals surface area contributed by atoms with Gasteiger partial charge in [-0.05, 0) is 30.2 Å². The van der Waals surface area contributed by atoms with Crippen molar-refractivity contribution < 1.29 is 14.3 Å². The molecule has 0 aliphatic carbocycles. The molecule has 4 nitrogen and oxygen atoms in total. The molecule has 2 aromatic rings. The third kappa shape index (κ3) is 4.27. The summed E-state index contributed by atoms with van der Waals surface area (Å²) in [7, 11) is 0. The van der Waals surface area contributed by atoms with Gasteiger partial charge >= 0.3 is 5.97 Å². The number of benzene rings is 2. The average molecular weight is 394 g/mol. The minimum absolute atomic E-state index is 0.116. The lowest BCUT2D eigenvalue weighted by atomic mass is 9.83. The van der Waals surface area contributed by atoms with E-state index in [-0.39, 0.29) is 25.5 Å². The number of carbonyl (C=O) groups is 2. The van der Waals surface area contributed by atoms with E-state index in [1.54, 1.807) is 19.1 Å². The lowest BCUT2D eigenvalue weighted by Gasteiger charge is -2.33. The molecule has 0 saturated heterocycles. The minimum Gasteiger partial charge on any atom is -0.457 e. The standard InChI is InChI=1S/C23H20ClNO3/c1-3-13-25-16(2)22(23(27)28-15-17-7-5-4-6-8-17)20(14-21(25)26)18-9-11-19(24)12-10-18/h1,4-12,20H,13-15H2,2H3. The van der Waals surface area contributed by atoms with Crippen molar-refractivity contribution in [3.8, 4) is 12.3 Å². The SMILES string of the molecule is C#CCN1C(=O)CC(c2ccc(Cl)cc2)C(C(=O)OCc2ccccc2)=C1C. The van der Waals surface area contributed by atoms with Crippen LogP contribution in [-0.4, -0.2) is 23.3 Å². The van der Waals surface area contributed by atoms with Crippen molar-refractivity contribution in [1.82, 2.24) is 4.90 Å². The number of rotatable bonds is 5. The van der Waals surface area contributed by atoms with Crippen molar-refractivity contribution in [3.63, 3.8) is 0 Å². The molecule has 0 radical (unpaired) electrons. The van der Waals surface area contributed by atoms with E-state index in [1.807, 2.05) is 42.5 Å². The molecule has 0 bridgehead atoms. The van der Waals surface area contributed by atoms with Gasteiger partial charge in [-0.2, -0.15) is 0 Å². The van der Waals surface area contributed by atoms with Crippen LogP contribution >= 0.6 is 11.6 Å². The van der Waals surface area contributed by atoms with Crippen molar-refractivity contribution in [2.75, 3.05) is 6.54 Å². The maximum Gasteiger partial charge on any atom is 0.336 e. The summed E-state index contributed by atoms with van der Waals surface area (Å²) < 4.78 is 5.56. The van der Waals surface area contributed by atoms with Gasteiger partial charge in [0.2, 0.25) is 5.91 Å². The normalized spacial score (nSPS) is 16.7. The van der Waals surface area contributed by atoms with Gasteiger partial charge in [0.1, 0.15) is 6.61 Å². The largest absolute Gasteiger partial charge is 0.457 e. The summed E-state index contributed by atoms with van der Waals surface area (Å²) >= 11 is 5.99. The molecule has 0 aromatic heterocycles. The zero-order valence-corrected chi connectivity index (χ0v) is 16.3. The molecule has 3 rings (SSSR count). The molecule has 2 aromatic carbocycles. The van der Waals surface area contributed by atoms with E-state index >= 15 is 0 Å². The van der Waals surface area contributed by atoms with Gasteiger partial charge in [-0.1, -0.05) is 60.0 Å². The molecule has 0 spiro atoms. The Kier molecular flexibility index (Phi) is 6.18. The van der Waals surface area contributed by atoms with E-state index < -0.39 is 11.9 Å². The Bertz CT molecular complexity index is 942. The summed E-state index contributed by atoms with van der Waals surface area (Å²) in [6.45, 7) is 2.01. The number of carbonyl (C=O) groups excluding carboxylic acids is 2. The molecule has 1 unspecified atom stereocenters. The van der Waals surface area contributed by atoms with Crippen LogP contribution in [0.5, 0.6) is 0 Å². The van der Waals surface area contributed by atoms with Gasteiger partial charge in [0.05, 0.1) is 12.1 Å². The molecule has 1 aliphatic rings. The second-order valence-corrected chi connectivity index (χ2v) is 6.99. The second-order valence-electron chi connectivity index (χ2n) is 6.55. The molecule has 0 N–H and O–H groups in total. The zero-order chi connectivity index (χ0) is 20.1. The molecular formula is C23H20ClNO3. The summed E-state index contributed by atoms with van der Waals surface area (Å²) in [6, 6.07) is 16.6. The first kappa shape index (κ1) is 19.7. The smallest absolute Gasteiger partial charge is 0.336 e. The van der Waals surface area contributed by atoms with Crippen molar-refractivity contribution in [2.45, 2.75) is 25.9 Å². The number of allylic oxidation sites excluding steroid dienone is 1. The number of terminal acetylenes is 1. The lowest BCUT2D eigenvalue weighted by molar-refractivity contribution is -0.141. The maximum atomic E-state index is 13.0. The van der Waals surface area contributed by atoms with Gasteiger partial charge in [0, 0.05) is 23.1 Å². The van der Waals surface area contributed by atoms with Gasteiger partial charge < -0.3 is 9.64 Å². The van der Waals surface area contributed by atoms with Gasteiger partial charge in [-0.25, -0.2) is 4.79 Å². The summed E-state index contributed by atoms with van der Waals surface area (Å²) in [6.07, 6.45) is 5.55. The maximum absolute atomic E-state index is 13.0. The Hall–Kier alpha value is -3.03. The number of nitrogens with zero attached hydrogens (tertiary/aromatic N) is 1. The highest BCUT2D eigenvalue weighted by Gasteiger charge is 2.36. The third-order valence-electron chi connectivity index (χ3n) is 4.78. The molecular weight excluding hydrogens is 374 g/mol. The second kappa shape index (κ2) is 8.77. The summed E-state index contributed by atoms with van der Waals surface area (Å²) in [5.41, 5.74) is 2.72. The summed E-state index contributed by atoms with van der Waals surface area (Å²) in [5.74, 6) is 1.51. The fraction of sp³-hybridized carbons (Fsp3) is 0.217. The lowest BCUT2D eigenvalue weighted by Crippen LogP contribution is -2.38. The van der Waals surface area contributed by atoms with Crippen LogP contribution in [0.1, 0.15) is 30.4 Å². The van der Waals surface area contributed by atoms with Crippen molar-refractivity contribution in [1.29, 1.82) is 0 Å². The number of halogens is 1. The molecule has 142 valence electrons. The van der Waals surface area contributed by atoms with Crippen LogP contribution in [0.25, 0.3) is 0 Å². The van der Waals surface area contributed by atoms with Crippen molar-refractivity contribution >= 4 is 23.5 Å². The Morgan fingerprint density at radius 2 is 1.89 bits per heavy atom. The van der Waals surface area contributed by atoms with E-state index in [1.165, 1.54) is 4.90 Å². The molecule has 5 heteroatoms. The van der Waals surface area contributed by atoms with Crippen LogP contribution in [0.4, 0.5) is 0 Å². The van der Waals surface area contributed by atoms with Crippen molar-refractivity contribution in [2.24, 2.45) is 0 Å². The predicted molar refractivity (Wildman–Crippen MR) is 108 cm³/mol. The number of ether oxygens (including phenoxy) is 1. The Labute approximate surface area is 169 Å². The van der Waals surface area contributed by atoms with E-state index in [4.69, 9.17) is 22.8 Å². The first-order valence-corrected chi connectivity index (χ1v) is 9.30. The third-order valence-corrected chi connectivity index (χ3v) is 5.03. The van der Waals surface area contributed by atoms with Crippen LogP contribution in [0.15, 0.2) is 65.9 Å². The van der Waals surface area contributed by atoms with E-state index in [9.17, 15) is 9.59 Å². The van der Waals surface area contributed by atoms with E-state index in [0.717, 1.165) is 11.1 Å². The van der Waals surface area contributed by atoms with Crippen LogP contribution in [0.3, 0.4) is 0 Å². The van der Waals surface area contributed by atoms with Crippen molar-refractivity contribution in [3.05, 3.63) is 82.0 Å².